The van der Waals surface area contributed by atoms with Gasteiger partial charge in [-0.3, -0.25) is 0 Å². The molecule has 0 spiro atoms. The Balaban J connectivity index is 2.15. The monoisotopic (exact) mass is 324 g/mol. The second-order valence-electron chi connectivity index (χ2n) is 4.13. The smallest absolute Gasteiger partial charge is 0.165 e. The maximum atomic E-state index is 13.3. The van der Waals surface area contributed by atoms with E-state index in [0.717, 1.165) is 15.9 Å². The molecule has 1 heterocycles. The number of anilines is 1. The molecule has 1 aromatic heterocycles. The quantitative estimate of drug-likeness (QED) is 0.857. The molecule has 1 aromatic carbocycles. The second kappa shape index (κ2) is 6.02. The van der Waals surface area contributed by atoms with Gasteiger partial charge in [0.05, 0.1) is 19.0 Å². The highest BCUT2D eigenvalue weighted by Gasteiger charge is 2.09. The van der Waals surface area contributed by atoms with Gasteiger partial charge in [0.2, 0.25) is 0 Å². The molecule has 0 aliphatic rings. The fourth-order valence-electron chi connectivity index (χ4n) is 1.74. The van der Waals surface area contributed by atoms with Crippen molar-refractivity contribution < 1.29 is 9.13 Å². The Morgan fingerprint density at radius 3 is 2.74 bits per heavy atom. The van der Waals surface area contributed by atoms with Crippen LogP contribution in [0.2, 0.25) is 0 Å². The van der Waals surface area contributed by atoms with Crippen molar-refractivity contribution in [1.29, 1.82) is 0 Å². The third-order valence-electron chi connectivity index (χ3n) is 2.79. The fraction of sp³-hybridized carbons (Fsp3) is 0.214. The third kappa shape index (κ3) is 3.44. The van der Waals surface area contributed by atoms with E-state index in [2.05, 4.69) is 26.2 Å². The number of halogens is 2. The van der Waals surface area contributed by atoms with Crippen LogP contribution in [0.5, 0.6) is 5.75 Å². The van der Waals surface area contributed by atoms with Gasteiger partial charge in [-0.15, -0.1) is 0 Å². The Labute approximate surface area is 119 Å². The summed E-state index contributed by atoms with van der Waals surface area (Å²) in [5.74, 6) is -0.108. The summed E-state index contributed by atoms with van der Waals surface area (Å²) < 4.78 is 19.1. The zero-order valence-corrected chi connectivity index (χ0v) is 12.2. The van der Waals surface area contributed by atoms with E-state index in [1.807, 2.05) is 19.1 Å². The lowest BCUT2D eigenvalue weighted by molar-refractivity contribution is 0.385. The first-order chi connectivity index (χ1) is 9.10. The van der Waals surface area contributed by atoms with E-state index in [4.69, 9.17) is 4.74 Å². The maximum absolute atomic E-state index is 13.3. The van der Waals surface area contributed by atoms with Gasteiger partial charge in [-0.1, -0.05) is 6.07 Å². The molecule has 0 bridgehead atoms. The number of aromatic nitrogens is 1. The van der Waals surface area contributed by atoms with Crippen LogP contribution in [0, 0.1) is 5.82 Å². The first-order valence-corrected chi connectivity index (χ1v) is 6.61. The van der Waals surface area contributed by atoms with Gasteiger partial charge in [-0.25, -0.2) is 9.37 Å². The van der Waals surface area contributed by atoms with Crippen molar-refractivity contribution in [3.05, 3.63) is 52.5 Å². The average molecular weight is 325 g/mol. The highest BCUT2D eigenvalue weighted by molar-refractivity contribution is 9.10. The Kier molecular flexibility index (Phi) is 4.37. The van der Waals surface area contributed by atoms with E-state index >= 15 is 0 Å². The van der Waals surface area contributed by atoms with Crippen LogP contribution in [-0.4, -0.2) is 12.1 Å². The molecule has 19 heavy (non-hydrogen) atoms. The Bertz CT molecular complexity index is 560. The van der Waals surface area contributed by atoms with Gasteiger partial charge in [0.15, 0.2) is 11.6 Å². The van der Waals surface area contributed by atoms with Gasteiger partial charge in [0.1, 0.15) is 4.60 Å². The summed E-state index contributed by atoms with van der Waals surface area (Å²) in [5, 5.41) is 3.29. The molecule has 0 saturated heterocycles. The second-order valence-corrected chi connectivity index (χ2v) is 4.94. The summed E-state index contributed by atoms with van der Waals surface area (Å²) >= 11 is 3.29. The van der Waals surface area contributed by atoms with Crippen molar-refractivity contribution in [3.63, 3.8) is 0 Å². The minimum Gasteiger partial charge on any atom is -0.494 e. The Morgan fingerprint density at radius 2 is 2.11 bits per heavy atom. The number of hydrogen-bond donors (Lipinski definition) is 1. The van der Waals surface area contributed by atoms with Crippen molar-refractivity contribution in [3.8, 4) is 5.75 Å². The van der Waals surface area contributed by atoms with E-state index < -0.39 is 0 Å². The molecule has 5 heteroatoms. The van der Waals surface area contributed by atoms with Crippen LogP contribution in [0.25, 0.3) is 0 Å². The molecule has 100 valence electrons. The largest absolute Gasteiger partial charge is 0.494 e. The number of nitrogens with one attached hydrogen (secondary N) is 1. The minimum atomic E-state index is -0.358. The van der Waals surface area contributed by atoms with Crippen LogP contribution in [0.3, 0.4) is 0 Å². The predicted octanol–water partition coefficient (Wildman–Crippen LogP) is 4.16. The molecule has 0 aliphatic heterocycles. The van der Waals surface area contributed by atoms with Crippen LogP contribution in [0.1, 0.15) is 18.5 Å². The summed E-state index contributed by atoms with van der Waals surface area (Å²) in [6.07, 6.45) is 1.74. The van der Waals surface area contributed by atoms with Gasteiger partial charge in [-0.05, 0) is 52.7 Å². The number of benzene rings is 1. The SMILES string of the molecule is COc1cc(C(C)Nc2ccc(Br)nc2)ccc1F. The molecule has 0 amide bonds. The number of pyridine rings is 1. The van der Waals surface area contributed by atoms with E-state index in [9.17, 15) is 4.39 Å². The summed E-state index contributed by atoms with van der Waals surface area (Å²) in [6.45, 7) is 1.99. The van der Waals surface area contributed by atoms with Crippen molar-refractivity contribution in [2.45, 2.75) is 13.0 Å². The standard InChI is InChI=1S/C14H14BrFN2O/c1-9(18-11-4-6-14(15)17-8-11)10-3-5-12(16)13(7-10)19-2/h3-9,18H,1-2H3. The highest BCUT2D eigenvalue weighted by Crippen LogP contribution is 2.25. The zero-order valence-electron chi connectivity index (χ0n) is 10.7. The fourth-order valence-corrected chi connectivity index (χ4v) is 1.97. The maximum Gasteiger partial charge on any atom is 0.165 e. The van der Waals surface area contributed by atoms with Gasteiger partial charge >= 0.3 is 0 Å². The lowest BCUT2D eigenvalue weighted by Crippen LogP contribution is -2.07. The molecule has 0 aliphatic carbocycles. The Hall–Kier alpha value is -1.62. The lowest BCUT2D eigenvalue weighted by Gasteiger charge is -2.16. The number of hydrogen-bond acceptors (Lipinski definition) is 3. The molecular weight excluding hydrogens is 311 g/mol. The molecule has 3 nitrogen and oxygen atoms in total. The van der Waals surface area contributed by atoms with E-state index in [0.29, 0.717) is 0 Å². The molecule has 1 N–H and O–H groups in total. The molecule has 2 rings (SSSR count). The van der Waals surface area contributed by atoms with Crippen molar-refractivity contribution in [2.24, 2.45) is 0 Å². The van der Waals surface area contributed by atoms with Gasteiger partial charge in [0, 0.05) is 6.04 Å². The van der Waals surface area contributed by atoms with Crippen LogP contribution >= 0.6 is 15.9 Å². The molecule has 1 atom stereocenters. The summed E-state index contributed by atoms with van der Waals surface area (Å²) in [5.41, 5.74) is 1.85. The highest BCUT2D eigenvalue weighted by atomic mass is 79.9. The number of methoxy groups -OCH3 is 1. The van der Waals surface area contributed by atoms with Gasteiger partial charge in [0.25, 0.3) is 0 Å². The van der Waals surface area contributed by atoms with Crippen LogP contribution in [-0.2, 0) is 0 Å². The van der Waals surface area contributed by atoms with Crippen LogP contribution in [0.15, 0.2) is 41.1 Å². The van der Waals surface area contributed by atoms with Gasteiger partial charge in [-0.2, -0.15) is 0 Å². The molecule has 0 fully saturated rings. The van der Waals surface area contributed by atoms with Crippen molar-refractivity contribution >= 4 is 21.6 Å². The number of ether oxygens (including phenoxy) is 1. The average Bonchev–Trinajstić information content (AvgIpc) is 2.42. The molecular formula is C14H14BrFN2O. The van der Waals surface area contributed by atoms with Crippen LogP contribution < -0.4 is 10.1 Å². The number of rotatable bonds is 4. The van der Waals surface area contributed by atoms with Gasteiger partial charge < -0.3 is 10.1 Å². The molecule has 2 aromatic rings. The molecule has 0 radical (unpaired) electrons. The first kappa shape index (κ1) is 13.8. The van der Waals surface area contributed by atoms with Crippen molar-refractivity contribution in [1.82, 2.24) is 4.98 Å². The predicted molar refractivity (Wildman–Crippen MR) is 76.9 cm³/mol. The van der Waals surface area contributed by atoms with E-state index in [1.54, 1.807) is 18.3 Å². The molecule has 0 saturated carbocycles. The normalized spacial score (nSPS) is 12.0. The zero-order chi connectivity index (χ0) is 13.8. The summed E-state index contributed by atoms with van der Waals surface area (Å²) in [6, 6.07) is 8.65. The summed E-state index contributed by atoms with van der Waals surface area (Å²) in [4.78, 5) is 4.14. The number of nitrogens with zero attached hydrogens (tertiary/aromatic N) is 1. The van der Waals surface area contributed by atoms with Crippen LogP contribution in [0.4, 0.5) is 10.1 Å². The molecule has 1 unspecified atom stereocenters. The topological polar surface area (TPSA) is 34.1 Å². The summed E-state index contributed by atoms with van der Waals surface area (Å²) in [7, 11) is 1.46. The first-order valence-electron chi connectivity index (χ1n) is 5.81. The minimum absolute atomic E-state index is 0.0254. The van der Waals surface area contributed by atoms with Crippen molar-refractivity contribution in [2.75, 3.05) is 12.4 Å². The Morgan fingerprint density at radius 1 is 1.32 bits per heavy atom. The van der Waals surface area contributed by atoms with E-state index in [1.165, 1.54) is 13.2 Å². The van der Waals surface area contributed by atoms with E-state index in [-0.39, 0.29) is 17.6 Å². The third-order valence-corrected chi connectivity index (χ3v) is 3.25. The lowest BCUT2D eigenvalue weighted by atomic mass is 10.1.